The Morgan fingerprint density at radius 2 is 2.05 bits per heavy atom. The van der Waals surface area contributed by atoms with Gasteiger partial charge in [-0.15, -0.1) is 0 Å². The van der Waals surface area contributed by atoms with Gasteiger partial charge in [-0.2, -0.15) is 0 Å². The van der Waals surface area contributed by atoms with E-state index in [4.69, 9.17) is 4.74 Å². The number of amides is 2. The van der Waals surface area contributed by atoms with Gasteiger partial charge in [0.05, 0.1) is 7.11 Å². The van der Waals surface area contributed by atoms with Gasteiger partial charge in [0.15, 0.2) is 0 Å². The van der Waals surface area contributed by atoms with Crippen LogP contribution in [0.2, 0.25) is 0 Å². The van der Waals surface area contributed by atoms with Crippen molar-refractivity contribution < 1.29 is 14.3 Å². The number of pyridine rings is 1. The van der Waals surface area contributed by atoms with E-state index in [1.54, 1.807) is 49.7 Å². The predicted molar refractivity (Wildman–Crippen MR) is 82.7 cm³/mol. The van der Waals surface area contributed by atoms with Crippen LogP contribution >= 0.6 is 0 Å². The van der Waals surface area contributed by atoms with Gasteiger partial charge in [0.1, 0.15) is 11.4 Å². The number of methoxy groups -OCH3 is 1. The highest BCUT2D eigenvalue weighted by atomic mass is 16.5. The molecule has 2 amide bonds. The van der Waals surface area contributed by atoms with E-state index in [0.717, 1.165) is 5.56 Å². The quantitative estimate of drug-likeness (QED) is 0.884. The Bertz CT molecular complexity index is 672. The van der Waals surface area contributed by atoms with E-state index in [1.165, 1.54) is 6.92 Å². The van der Waals surface area contributed by atoms with Crippen molar-refractivity contribution in [3.8, 4) is 5.75 Å². The molecule has 0 saturated heterocycles. The molecule has 6 heteroatoms. The molecule has 0 aliphatic carbocycles. The Balaban J connectivity index is 2.10. The summed E-state index contributed by atoms with van der Waals surface area (Å²) in [5.41, 5.74) is 1.76. The molecule has 0 spiro atoms. The van der Waals surface area contributed by atoms with Crippen LogP contribution in [0.5, 0.6) is 5.75 Å². The first-order chi connectivity index (χ1) is 10.6. The molecule has 0 radical (unpaired) electrons. The molecule has 0 atom stereocenters. The molecule has 0 saturated carbocycles. The summed E-state index contributed by atoms with van der Waals surface area (Å²) in [7, 11) is 1.55. The van der Waals surface area contributed by atoms with Gasteiger partial charge >= 0.3 is 0 Å². The normalized spacial score (nSPS) is 9.91. The molecule has 1 aromatic heterocycles. The minimum atomic E-state index is -0.271. The fourth-order valence-electron chi connectivity index (χ4n) is 1.96. The molecule has 6 nitrogen and oxygen atoms in total. The van der Waals surface area contributed by atoms with Gasteiger partial charge in [-0.1, -0.05) is 6.07 Å². The van der Waals surface area contributed by atoms with Gasteiger partial charge in [-0.05, 0) is 30.3 Å². The lowest BCUT2D eigenvalue weighted by Crippen LogP contribution is -2.24. The number of ether oxygens (including phenoxy) is 1. The first-order valence-corrected chi connectivity index (χ1v) is 6.74. The summed E-state index contributed by atoms with van der Waals surface area (Å²) in [5.74, 6) is 0.205. The van der Waals surface area contributed by atoms with E-state index >= 15 is 0 Å². The molecular weight excluding hydrogens is 282 g/mol. The van der Waals surface area contributed by atoms with Crippen molar-refractivity contribution in [3.05, 3.63) is 53.9 Å². The molecule has 2 N–H and O–H groups in total. The van der Waals surface area contributed by atoms with Crippen molar-refractivity contribution in [3.63, 3.8) is 0 Å². The fourth-order valence-corrected chi connectivity index (χ4v) is 1.96. The maximum absolute atomic E-state index is 12.0. The Labute approximate surface area is 128 Å². The molecule has 2 aromatic rings. The molecule has 0 aliphatic rings. The third-order valence-electron chi connectivity index (χ3n) is 2.94. The van der Waals surface area contributed by atoms with Crippen LogP contribution in [0.4, 0.5) is 5.69 Å². The number of carbonyl (C=O) groups excluding carboxylic acids is 2. The van der Waals surface area contributed by atoms with Gasteiger partial charge < -0.3 is 15.4 Å². The Morgan fingerprint density at radius 3 is 2.68 bits per heavy atom. The van der Waals surface area contributed by atoms with Gasteiger partial charge in [-0.25, -0.2) is 0 Å². The maximum atomic E-state index is 12.0. The number of nitrogens with zero attached hydrogens (tertiary/aromatic N) is 1. The first-order valence-electron chi connectivity index (χ1n) is 6.74. The standard InChI is InChI=1S/C16H17N3O3/c1-11(20)19-13-6-7-15(22-2)12(9-13)10-18-16(21)14-5-3-4-8-17-14/h3-9H,10H2,1-2H3,(H,18,21)(H,19,20). The van der Waals surface area contributed by atoms with Crippen LogP contribution in [0.15, 0.2) is 42.6 Å². The van der Waals surface area contributed by atoms with Gasteiger partial charge in [0, 0.05) is 30.9 Å². The molecular formula is C16H17N3O3. The van der Waals surface area contributed by atoms with Crippen LogP contribution in [0.3, 0.4) is 0 Å². The zero-order valence-electron chi connectivity index (χ0n) is 12.4. The lowest BCUT2D eigenvalue weighted by Gasteiger charge is -2.12. The van der Waals surface area contributed by atoms with Gasteiger partial charge in [-0.3, -0.25) is 14.6 Å². The van der Waals surface area contributed by atoms with E-state index in [-0.39, 0.29) is 18.4 Å². The molecule has 114 valence electrons. The molecule has 22 heavy (non-hydrogen) atoms. The maximum Gasteiger partial charge on any atom is 0.270 e. The third-order valence-corrected chi connectivity index (χ3v) is 2.94. The number of hydrogen-bond acceptors (Lipinski definition) is 4. The summed E-state index contributed by atoms with van der Waals surface area (Å²) in [5, 5.41) is 5.47. The SMILES string of the molecule is COc1ccc(NC(C)=O)cc1CNC(=O)c1ccccn1. The number of rotatable bonds is 5. The monoisotopic (exact) mass is 299 g/mol. The molecule has 0 aliphatic heterocycles. The second kappa shape index (κ2) is 7.21. The van der Waals surface area contributed by atoms with Crippen molar-refractivity contribution in [2.75, 3.05) is 12.4 Å². The number of nitrogens with one attached hydrogen (secondary N) is 2. The van der Waals surface area contributed by atoms with E-state index in [9.17, 15) is 9.59 Å². The second-order valence-electron chi connectivity index (χ2n) is 4.61. The topological polar surface area (TPSA) is 80.3 Å². The van der Waals surface area contributed by atoms with E-state index in [2.05, 4.69) is 15.6 Å². The Kier molecular flexibility index (Phi) is 5.08. The number of aromatic nitrogens is 1. The Morgan fingerprint density at radius 1 is 1.23 bits per heavy atom. The molecule has 2 rings (SSSR count). The summed E-state index contributed by atoms with van der Waals surface area (Å²) in [6.07, 6.45) is 1.56. The highest BCUT2D eigenvalue weighted by Crippen LogP contribution is 2.22. The van der Waals surface area contributed by atoms with Crippen LogP contribution in [-0.4, -0.2) is 23.9 Å². The highest BCUT2D eigenvalue weighted by Gasteiger charge is 2.09. The second-order valence-corrected chi connectivity index (χ2v) is 4.61. The molecule has 1 aromatic carbocycles. The minimum Gasteiger partial charge on any atom is -0.496 e. The lowest BCUT2D eigenvalue weighted by atomic mass is 10.1. The number of anilines is 1. The summed E-state index contributed by atoms with van der Waals surface area (Å²) >= 11 is 0. The van der Waals surface area contributed by atoms with Crippen molar-refractivity contribution >= 4 is 17.5 Å². The summed E-state index contributed by atoms with van der Waals surface area (Å²) < 4.78 is 5.26. The summed E-state index contributed by atoms with van der Waals surface area (Å²) in [6.45, 7) is 1.71. The molecule has 0 unspecified atom stereocenters. The molecule has 0 fully saturated rings. The highest BCUT2D eigenvalue weighted by molar-refractivity contribution is 5.92. The van der Waals surface area contributed by atoms with Crippen LogP contribution in [0.25, 0.3) is 0 Å². The van der Waals surface area contributed by atoms with Crippen LogP contribution in [-0.2, 0) is 11.3 Å². The van der Waals surface area contributed by atoms with Crippen LogP contribution < -0.4 is 15.4 Å². The minimum absolute atomic E-state index is 0.159. The predicted octanol–water partition coefficient (Wildman–Crippen LogP) is 1.98. The lowest BCUT2D eigenvalue weighted by molar-refractivity contribution is -0.114. The van der Waals surface area contributed by atoms with Gasteiger partial charge in [0.2, 0.25) is 5.91 Å². The zero-order chi connectivity index (χ0) is 15.9. The smallest absolute Gasteiger partial charge is 0.270 e. The number of carbonyl (C=O) groups is 2. The van der Waals surface area contributed by atoms with E-state index in [0.29, 0.717) is 17.1 Å². The van der Waals surface area contributed by atoms with Crippen molar-refractivity contribution in [2.24, 2.45) is 0 Å². The zero-order valence-corrected chi connectivity index (χ0v) is 12.4. The van der Waals surface area contributed by atoms with Crippen molar-refractivity contribution in [1.82, 2.24) is 10.3 Å². The average molecular weight is 299 g/mol. The third kappa shape index (κ3) is 4.05. The van der Waals surface area contributed by atoms with Crippen LogP contribution in [0.1, 0.15) is 23.0 Å². The largest absolute Gasteiger partial charge is 0.496 e. The Hall–Kier alpha value is -2.89. The molecule has 0 bridgehead atoms. The van der Waals surface area contributed by atoms with E-state index in [1.807, 2.05) is 0 Å². The number of hydrogen-bond donors (Lipinski definition) is 2. The summed E-state index contributed by atoms with van der Waals surface area (Å²) in [4.78, 5) is 27.1. The fraction of sp³-hybridized carbons (Fsp3) is 0.188. The first kappa shape index (κ1) is 15.5. The van der Waals surface area contributed by atoms with Gasteiger partial charge in [0.25, 0.3) is 5.91 Å². The number of benzene rings is 1. The summed E-state index contributed by atoms with van der Waals surface area (Å²) in [6, 6.07) is 10.4. The molecule has 1 heterocycles. The van der Waals surface area contributed by atoms with Crippen LogP contribution in [0, 0.1) is 0 Å². The van der Waals surface area contributed by atoms with Crippen molar-refractivity contribution in [2.45, 2.75) is 13.5 Å². The average Bonchev–Trinajstić information content (AvgIpc) is 2.53. The van der Waals surface area contributed by atoms with Crippen molar-refractivity contribution in [1.29, 1.82) is 0 Å². The van der Waals surface area contributed by atoms with E-state index < -0.39 is 0 Å².